The molecule has 1 amide bonds. The summed E-state index contributed by atoms with van der Waals surface area (Å²) in [7, 11) is 0. The van der Waals surface area contributed by atoms with Gasteiger partial charge in [-0.3, -0.25) is 4.79 Å². The zero-order valence-electron chi connectivity index (χ0n) is 11.3. The van der Waals surface area contributed by atoms with Crippen LogP contribution in [-0.4, -0.2) is 18.1 Å². The normalized spacial score (nSPS) is 22.5. The van der Waals surface area contributed by atoms with E-state index < -0.39 is 0 Å². The third-order valence-corrected chi connectivity index (χ3v) is 3.35. The summed E-state index contributed by atoms with van der Waals surface area (Å²) < 4.78 is 5.64. The molecular formula is C15H21NO2. The van der Waals surface area contributed by atoms with Gasteiger partial charge in [-0.25, -0.2) is 0 Å². The van der Waals surface area contributed by atoms with Crippen LogP contribution in [-0.2, 0) is 9.53 Å². The average molecular weight is 247 g/mol. The molecule has 1 N–H and O–H groups in total. The van der Waals surface area contributed by atoms with Crippen LogP contribution in [0.1, 0.15) is 32.3 Å². The molecule has 1 fully saturated rings. The van der Waals surface area contributed by atoms with E-state index in [-0.39, 0.29) is 17.4 Å². The number of carbonyl (C=O) groups excluding carboxylic acids is 1. The first-order chi connectivity index (χ1) is 8.46. The van der Waals surface area contributed by atoms with Crippen molar-refractivity contribution in [3.05, 3.63) is 29.8 Å². The predicted molar refractivity (Wildman–Crippen MR) is 72.6 cm³/mol. The highest BCUT2D eigenvalue weighted by molar-refractivity contribution is 5.92. The monoisotopic (exact) mass is 247 g/mol. The van der Waals surface area contributed by atoms with Crippen molar-refractivity contribution in [3.63, 3.8) is 0 Å². The molecule has 0 aromatic heterocycles. The number of rotatable bonds is 2. The van der Waals surface area contributed by atoms with Gasteiger partial charge in [-0.2, -0.15) is 0 Å². The van der Waals surface area contributed by atoms with E-state index in [0.29, 0.717) is 6.61 Å². The molecule has 1 saturated heterocycles. The number of amides is 1. The minimum atomic E-state index is -0.188. The molecule has 18 heavy (non-hydrogen) atoms. The Balaban J connectivity index is 2.00. The summed E-state index contributed by atoms with van der Waals surface area (Å²) in [6.45, 7) is 6.77. The van der Waals surface area contributed by atoms with Crippen LogP contribution >= 0.6 is 0 Å². The van der Waals surface area contributed by atoms with Crippen molar-refractivity contribution in [2.24, 2.45) is 5.92 Å². The van der Waals surface area contributed by atoms with E-state index in [1.807, 2.05) is 45.0 Å². The minimum Gasteiger partial charge on any atom is -0.376 e. The highest BCUT2D eigenvalue weighted by atomic mass is 16.5. The molecule has 1 heterocycles. The molecule has 0 saturated carbocycles. The van der Waals surface area contributed by atoms with E-state index >= 15 is 0 Å². The summed E-state index contributed by atoms with van der Waals surface area (Å²) in [6.07, 6.45) is 1.59. The van der Waals surface area contributed by atoms with Crippen molar-refractivity contribution in [2.75, 3.05) is 11.9 Å². The van der Waals surface area contributed by atoms with Crippen LogP contribution in [0.2, 0.25) is 0 Å². The van der Waals surface area contributed by atoms with Gasteiger partial charge >= 0.3 is 0 Å². The van der Waals surface area contributed by atoms with Gasteiger partial charge in [-0.15, -0.1) is 0 Å². The number of anilines is 1. The molecule has 2 rings (SSSR count). The molecule has 1 aliphatic heterocycles. The Morgan fingerprint density at radius 3 is 2.89 bits per heavy atom. The van der Waals surface area contributed by atoms with Gasteiger partial charge < -0.3 is 10.1 Å². The first kappa shape index (κ1) is 13.1. The van der Waals surface area contributed by atoms with Crippen LogP contribution in [0.15, 0.2) is 24.3 Å². The SMILES string of the molecule is Cc1cccc(NC(=O)C2CCOC(C)(C)C2)c1. The molecule has 0 radical (unpaired) electrons. The van der Waals surface area contributed by atoms with E-state index in [1.165, 1.54) is 0 Å². The first-order valence-electron chi connectivity index (χ1n) is 6.48. The molecule has 1 aromatic carbocycles. The largest absolute Gasteiger partial charge is 0.376 e. The van der Waals surface area contributed by atoms with Crippen LogP contribution in [0.5, 0.6) is 0 Å². The number of aryl methyl sites for hydroxylation is 1. The third-order valence-electron chi connectivity index (χ3n) is 3.35. The number of benzene rings is 1. The van der Waals surface area contributed by atoms with Gasteiger partial charge in [0.2, 0.25) is 5.91 Å². The molecule has 1 unspecified atom stereocenters. The Labute approximate surface area is 109 Å². The van der Waals surface area contributed by atoms with Crippen LogP contribution in [0.4, 0.5) is 5.69 Å². The second-order valence-electron chi connectivity index (χ2n) is 5.66. The second kappa shape index (κ2) is 5.11. The minimum absolute atomic E-state index is 0.0502. The predicted octanol–water partition coefficient (Wildman–Crippen LogP) is 3.14. The standard InChI is InChI=1S/C15H21NO2/c1-11-5-4-6-13(9-11)16-14(17)12-7-8-18-15(2,3)10-12/h4-6,9,12H,7-8,10H2,1-3H3,(H,16,17). The summed E-state index contributed by atoms with van der Waals surface area (Å²) in [6, 6.07) is 7.89. The molecule has 3 heteroatoms. The molecule has 98 valence electrons. The van der Waals surface area contributed by atoms with Gasteiger partial charge in [-0.1, -0.05) is 12.1 Å². The van der Waals surface area contributed by atoms with E-state index in [9.17, 15) is 4.79 Å². The molecule has 0 bridgehead atoms. The van der Waals surface area contributed by atoms with Crippen molar-refractivity contribution < 1.29 is 9.53 Å². The maximum absolute atomic E-state index is 12.2. The second-order valence-corrected chi connectivity index (χ2v) is 5.66. The molecule has 0 aliphatic carbocycles. The maximum Gasteiger partial charge on any atom is 0.227 e. The van der Waals surface area contributed by atoms with Crippen LogP contribution in [0.3, 0.4) is 0 Å². The summed E-state index contributed by atoms with van der Waals surface area (Å²) >= 11 is 0. The molecule has 3 nitrogen and oxygen atoms in total. The Morgan fingerprint density at radius 1 is 1.44 bits per heavy atom. The Kier molecular flexibility index (Phi) is 3.71. The van der Waals surface area contributed by atoms with Gasteiger partial charge in [0.05, 0.1) is 5.60 Å². The number of ether oxygens (including phenoxy) is 1. The fourth-order valence-corrected chi connectivity index (χ4v) is 2.42. The Bertz CT molecular complexity index is 440. The summed E-state index contributed by atoms with van der Waals surface area (Å²) in [5.41, 5.74) is 1.84. The van der Waals surface area contributed by atoms with Crippen molar-refractivity contribution >= 4 is 11.6 Å². The third kappa shape index (κ3) is 3.33. The fraction of sp³-hybridized carbons (Fsp3) is 0.533. The van der Waals surface area contributed by atoms with Gasteiger partial charge in [-0.05, 0) is 51.3 Å². The van der Waals surface area contributed by atoms with Gasteiger partial charge in [0, 0.05) is 18.2 Å². The van der Waals surface area contributed by atoms with Gasteiger partial charge in [0.15, 0.2) is 0 Å². The number of hydrogen-bond donors (Lipinski definition) is 1. The van der Waals surface area contributed by atoms with Crippen LogP contribution in [0, 0.1) is 12.8 Å². The molecular weight excluding hydrogens is 226 g/mol. The highest BCUT2D eigenvalue weighted by Crippen LogP contribution is 2.29. The summed E-state index contributed by atoms with van der Waals surface area (Å²) in [4.78, 5) is 12.2. The Morgan fingerprint density at radius 2 is 2.22 bits per heavy atom. The number of nitrogens with one attached hydrogen (secondary N) is 1. The van der Waals surface area contributed by atoms with Gasteiger partial charge in [0.25, 0.3) is 0 Å². The highest BCUT2D eigenvalue weighted by Gasteiger charge is 2.32. The quantitative estimate of drug-likeness (QED) is 0.872. The van der Waals surface area contributed by atoms with Crippen LogP contribution in [0.25, 0.3) is 0 Å². The topological polar surface area (TPSA) is 38.3 Å². The van der Waals surface area contributed by atoms with Crippen molar-refractivity contribution in [1.82, 2.24) is 0 Å². The maximum atomic E-state index is 12.2. The smallest absolute Gasteiger partial charge is 0.227 e. The first-order valence-corrected chi connectivity index (χ1v) is 6.48. The molecule has 1 atom stereocenters. The van der Waals surface area contributed by atoms with E-state index in [1.54, 1.807) is 0 Å². The lowest BCUT2D eigenvalue weighted by Crippen LogP contribution is -2.39. The van der Waals surface area contributed by atoms with E-state index in [0.717, 1.165) is 24.1 Å². The lowest BCUT2D eigenvalue weighted by atomic mass is 9.88. The van der Waals surface area contributed by atoms with E-state index in [2.05, 4.69) is 5.32 Å². The number of carbonyl (C=O) groups is 1. The lowest BCUT2D eigenvalue weighted by Gasteiger charge is -2.34. The van der Waals surface area contributed by atoms with Gasteiger partial charge in [0.1, 0.15) is 0 Å². The zero-order valence-corrected chi connectivity index (χ0v) is 11.3. The fourth-order valence-electron chi connectivity index (χ4n) is 2.42. The summed E-state index contributed by atoms with van der Waals surface area (Å²) in [5.74, 6) is 0.159. The van der Waals surface area contributed by atoms with Crippen molar-refractivity contribution in [2.45, 2.75) is 39.2 Å². The molecule has 1 aliphatic rings. The lowest BCUT2D eigenvalue weighted by molar-refractivity contribution is -0.130. The van der Waals surface area contributed by atoms with Crippen molar-refractivity contribution in [3.8, 4) is 0 Å². The number of hydrogen-bond acceptors (Lipinski definition) is 2. The zero-order chi connectivity index (χ0) is 13.2. The molecule has 1 aromatic rings. The van der Waals surface area contributed by atoms with Crippen LogP contribution < -0.4 is 5.32 Å². The van der Waals surface area contributed by atoms with E-state index in [4.69, 9.17) is 4.74 Å². The Hall–Kier alpha value is -1.35. The molecule has 0 spiro atoms. The average Bonchev–Trinajstić information content (AvgIpc) is 2.27. The summed E-state index contributed by atoms with van der Waals surface area (Å²) in [5, 5.41) is 3.00. The van der Waals surface area contributed by atoms with Crippen molar-refractivity contribution in [1.29, 1.82) is 0 Å².